The summed E-state index contributed by atoms with van der Waals surface area (Å²) in [5, 5.41) is 0. The summed E-state index contributed by atoms with van der Waals surface area (Å²) in [6.45, 7) is 0. The van der Waals surface area contributed by atoms with Crippen LogP contribution < -0.4 is 0 Å². The maximum Gasteiger partial charge on any atom is 0.324 e. The second-order valence-corrected chi connectivity index (χ2v) is 8.49. The van der Waals surface area contributed by atoms with E-state index in [0.717, 1.165) is 4.31 Å². The van der Waals surface area contributed by atoms with E-state index in [1.807, 2.05) is 0 Å². The number of rotatable bonds is 1. The maximum atomic E-state index is 11.5. The van der Waals surface area contributed by atoms with Crippen molar-refractivity contribution >= 4 is 57.7 Å². The number of fused-ring (bicyclic) bond motifs is 1. The van der Waals surface area contributed by atoms with Gasteiger partial charge in [0.2, 0.25) is 5.91 Å². The third-order valence-electron chi connectivity index (χ3n) is 2.87. The van der Waals surface area contributed by atoms with Gasteiger partial charge in [-0.25, -0.2) is 4.31 Å². The first-order valence-corrected chi connectivity index (χ1v) is 8.48. The summed E-state index contributed by atoms with van der Waals surface area (Å²) < 4.78 is 23.0. The minimum absolute atomic E-state index is 0.174. The van der Waals surface area contributed by atoms with E-state index in [9.17, 15) is 13.2 Å². The topological polar surface area (TPSA) is 54.5 Å². The second-order valence-electron chi connectivity index (χ2n) is 3.75. The summed E-state index contributed by atoms with van der Waals surface area (Å²) in [4.78, 5) is 11.9. The minimum atomic E-state index is -3.91. The van der Waals surface area contributed by atoms with Crippen LogP contribution in [0.3, 0.4) is 0 Å². The van der Waals surface area contributed by atoms with Crippen molar-refractivity contribution in [3.05, 3.63) is 0 Å². The number of amides is 1. The molecule has 0 aromatic carbocycles. The van der Waals surface area contributed by atoms with Crippen LogP contribution in [-0.4, -0.2) is 34.3 Å². The Hall–Kier alpha value is 0.670. The number of hydrogen-bond acceptors (Lipinski definition) is 3. The number of nitrogens with zero attached hydrogens (tertiary/aromatic N) is 1. The summed E-state index contributed by atoms with van der Waals surface area (Å²) in [5.41, 5.74) is 0. The molecule has 0 bridgehead atoms. The number of β-lactam (4-membered cyclic amide) rings is 1. The number of alkyl halides is 2. The molecular weight excluding hydrogens is 373 g/mol. The SMILES string of the molecule is O=C1[C@H]2C[C@@H](Br)[C@@H](Br)C[C@H]2N1S(=O)(=O)Cl. The van der Waals surface area contributed by atoms with Gasteiger partial charge in [0, 0.05) is 20.3 Å². The predicted octanol–water partition coefficient (Wildman–Crippen LogP) is 1.62. The molecular formula is C7H8Br2ClNO3S. The van der Waals surface area contributed by atoms with Gasteiger partial charge >= 0.3 is 9.24 Å². The first kappa shape index (κ1) is 12.1. The smallest absolute Gasteiger partial charge is 0.273 e. The zero-order valence-corrected chi connectivity index (χ0v) is 12.2. The molecule has 15 heavy (non-hydrogen) atoms. The number of carbonyl (C=O) groups excluding carboxylic acids is 1. The highest BCUT2D eigenvalue weighted by Gasteiger charge is 2.56. The normalized spacial score (nSPS) is 41.0. The lowest BCUT2D eigenvalue weighted by molar-refractivity contribution is -0.148. The van der Waals surface area contributed by atoms with Crippen molar-refractivity contribution in [2.45, 2.75) is 28.5 Å². The monoisotopic (exact) mass is 379 g/mol. The van der Waals surface area contributed by atoms with Crippen molar-refractivity contribution in [1.29, 1.82) is 0 Å². The fourth-order valence-corrected chi connectivity index (χ4v) is 4.76. The molecule has 4 nitrogen and oxygen atoms in total. The highest BCUT2D eigenvalue weighted by molar-refractivity contribution is 9.12. The Morgan fingerprint density at radius 3 is 2.33 bits per heavy atom. The molecule has 86 valence electrons. The predicted molar refractivity (Wildman–Crippen MR) is 63.6 cm³/mol. The van der Waals surface area contributed by atoms with Crippen LogP contribution in [0.1, 0.15) is 12.8 Å². The van der Waals surface area contributed by atoms with Crippen molar-refractivity contribution < 1.29 is 13.2 Å². The quantitative estimate of drug-likeness (QED) is 0.394. The molecule has 1 saturated carbocycles. The third-order valence-corrected chi connectivity index (χ3v) is 6.97. The highest BCUT2D eigenvalue weighted by atomic mass is 79.9. The average molecular weight is 381 g/mol. The highest BCUT2D eigenvalue weighted by Crippen LogP contribution is 2.45. The second kappa shape index (κ2) is 3.85. The zero-order valence-electron chi connectivity index (χ0n) is 7.44. The molecule has 1 aliphatic heterocycles. The van der Waals surface area contributed by atoms with Crippen molar-refractivity contribution in [3.8, 4) is 0 Å². The van der Waals surface area contributed by atoms with Crippen LogP contribution in [0.25, 0.3) is 0 Å². The average Bonchev–Trinajstić information content (AvgIpc) is 2.08. The molecule has 1 amide bonds. The van der Waals surface area contributed by atoms with Crippen molar-refractivity contribution in [3.63, 3.8) is 0 Å². The molecule has 0 radical (unpaired) electrons. The number of carbonyl (C=O) groups is 1. The molecule has 0 unspecified atom stereocenters. The zero-order chi connectivity index (χ0) is 11.4. The Bertz CT molecular complexity index is 401. The molecule has 0 aromatic rings. The van der Waals surface area contributed by atoms with E-state index in [2.05, 4.69) is 31.9 Å². The molecule has 0 N–H and O–H groups in total. The Kier molecular flexibility index (Phi) is 3.12. The molecule has 8 heteroatoms. The minimum Gasteiger partial charge on any atom is -0.273 e. The van der Waals surface area contributed by atoms with Crippen LogP contribution in [0, 0.1) is 5.92 Å². The van der Waals surface area contributed by atoms with E-state index in [0.29, 0.717) is 12.8 Å². The molecule has 1 aliphatic carbocycles. The van der Waals surface area contributed by atoms with Gasteiger partial charge in [-0.1, -0.05) is 31.9 Å². The number of halogens is 3. The lowest BCUT2D eigenvalue weighted by Gasteiger charge is -2.49. The summed E-state index contributed by atoms with van der Waals surface area (Å²) in [7, 11) is 1.28. The molecule has 1 heterocycles. The Morgan fingerprint density at radius 2 is 1.80 bits per heavy atom. The Labute approximate surface area is 109 Å². The summed E-state index contributed by atoms with van der Waals surface area (Å²) in [6, 6.07) is -0.266. The molecule has 0 spiro atoms. The van der Waals surface area contributed by atoms with Crippen molar-refractivity contribution in [2.75, 3.05) is 0 Å². The molecule has 2 aliphatic rings. The first-order valence-electron chi connectivity index (χ1n) is 4.38. The lowest BCUT2D eigenvalue weighted by Crippen LogP contribution is -2.65. The van der Waals surface area contributed by atoms with Gasteiger partial charge in [-0.2, -0.15) is 8.42 Å². The number of hydrogen-bond donors (Lipinski definition) is 0. The van der Waals surface area contributed by atoms with E-state index >= 15 is 0 Å². The van der Waals surface area contributed by atoms with Gasteiger partial charge in [0.25, 0.3) is 0 Å². The molecule has 0 aromatic heterocycles. The van der Waals surface area contributed by atoms with Crippen LogP contribution >= 0.6 is 42.5 Å². The van der Waals surface area contributed by atoms with Crippen molar-refractivity contribution in [1.82, 2.24) is 4.31 Å². The molecule has 2 fully saturated rings. The van der Waals surface area contributed by atoms with E-state index in [1.165, 1.54) is 0 Å². The molecule has 2 rings (SSSR count). The summed E-state index contributed by atoms with van der Waals surface area (Å²) in [5.74, 6) is -0.574. The fraction of sp³-hybridized carbons (Fsp3) is 0.857. The van der Waals surface area contributed by atoms with Gasteiger partial charge in [0.1, 0.15) is 0 Å². The van der Waals surface area contributed by atoms with Crippen molar-refractivity contribution in [2.24, 2.45) is 5.92 Å². The van der Waals surface area contributed by atoms with Gasteiger partial charge in [-0.05, 0) is 12.8 Å². The molecule has 4 atom stereocenters. The van der Waals surface area contributed by atoms with Crippen LogP contribution in [0.15, 0.2) is 0 Å². The van der Waals surface area contributed by atoms with E-state index in [-0.39, 0.29) is 27.5 Å². The van der Waals surface area contributed by atoms with E-state index in [4.69, 9.17) is 10.7 Å². The fourth-order valence-electron chi connectivity index (χ4n) is 2.13. The largest absolute Gasteiger partial charge is 0.324 e. The maximum absolute atomic E-state index is 11.5. The standard InChI is InChI=1S/C7H8Br2ClNO3S/c8-4-1-3-6(2-5(4)9)11(7(3)12)15(10,13)14/h3-6H,1-2H2/t3-,4+,5-,6+/m0/s1. The molecule has 1 saturated heterocycles. The van der Waals surface area contributed by atoms with Gasteiger partial charge in [0.15, 0.2) is 0 Å². The summed E-state index contributed by atoms with van der Waals surface area (Å²) >= 11 is 6.90. The van der Waals surface area contributed by atoms with Crippen LogP contribution in [0.2, 0.25) is 0 Å². The first-order chi connectivity index (χ1) is 6.82. The van der Waals surface area contributed by atoms with Gasteiger partial charge in [0.05, 0.1) is 12.0 Å². The van der Waals surface area contributed by atoms with Gasteiger partial charge in [-0.15, -0.1) is 0 Å². The lowest BCUT2D eigenvalue weighted by atomic mass is 9.78. The van der Waals surface area contributed by atoms with Crippen LogP contribution in [-0.2, 0) is 14.0 Å². The van der Waals surface area contributed by atoms with Gasteiger partial charge < -0.3 is 0 Å². The van der Waals surface area contributed by atoms with E-state index in [1.54, 1.807) is 0 Å². The van der Waals surface area contributed by atoms with Crippen LogP contribution in [0.5, 0.6) is 0 Å². The van der Waals surface area contributed by atoms with Gasteiger partial charge in [-0.3, -0.25) is 4.79 Å². The van der Waals surface area contributed by atoms with Crippen LogP contribution in [0.4, 0.5) is 0 Å². The summed E-state index contributed by atoms with van der Waals surface area (Å²) in [6.07, 6.45) is 1.26. The third kappa shape index (κ3) is 1.96. The Morgan fingerprint density at radius 1 is 1.27 bits per heavy atom. The van der Waals surface area contributed by atoms with E-state index < -0.39 is 9.24 Å². The Balaban J connectivity index is 2.20.